The predicted octanol–water partition coefficient (Wildman–Crippen LogP) is 6.68. The number of ether oxygens (including phenoxy) is 1. The Hall–Kier alpha value is -1.76. The maximum Gasteiger partial charge on any atom is 0.119 e. The van der Waals surface area contributed by atoms with E-state index in [4.69, 9.17) is 4.74 Å². The summed E-state index contributed by atoms with van der Waals surface area (Å²) in [4.78, 5) is 0. The second-order valence-corrected chi connectivity index (χ2v) is 9.64. The second-order valence-electron chi connectivity index (χ2n) is 9.64. The first kappa shape index (κ1) is 19.0. The van der Waals surface area contributed by atoms with Crippen molar-refractivity contribution < 1.29 is 4.74 Å². The summed E-state index contributed by atoms with van der Waals surface area (Å²) in [5.74, 6) is 1.78. The highest BCUT2D eigenvalue weighted by Gasteiger charge is 2.23. The number of rotatable bonds is 6. The maximum atomic E-state index is 5.95. The fourth-order valence-electron chi connectivity index (χ4n) is 3.64. The Labute approximate surface area is 159 Å². The molecule has 0 aromatic heterocycles. The van der Waals surface area contributed by atoms with Gasteiger partial charge in [0.25, 0.3) is 0 Å². The van der Waals surface area contributed by atoms with Crippen molar-refractivity contribution in [2.75, 3.05) is 6.61 Å². The standard InChI is InChI=1S/C25H34O/c1-24(2,3)22-11-7-10-20(16-22)17-25(4,5)21-12-14-23(15-13-21)26-18-19-8-6-9-19/h7,10-16,19H,6,8-9,17-18H2,1-5H3. The molecule has 1 fully saturated rings. The second kappa shape index (κ2) is 7.47. The van der Waals surface area contributed by atoms with Crippen molar-refractivity contribution in [1.29, 1.82) is 0 Å². The first-order chi connectivity index (χ1) is 12.2. The zero-order valence-electron chi connectivity index (χ0n) is 17.1. The molecule has 0 bridgehead atoms. The topological polar surface area (TPSA) is 9.23 Å². The minimum absolute atomic E-state index is 0.100. The van der Waals surface area contributed by atoms with Crippen LogP contribution in [0.2, 0.25) is 0 Å². The average Bonchev–Trinajstić information content (AvgIpc) is 2.53. The van der Waals surface area contributed by atoms with E-state index in [2.05, 4.69) is 83.1 Å². The first-order valence-electron chi connectivity index (χ1n) is 10.1. The molecule has 0 radical (unpaired) electrons. The van der Waals surface area contributed by atoms with Gasteiger partial charge >= 0.3 is 0 Å². The van der Waals surface area contributed by atoms with Crippen molar-refractivity contribution >= 4 is 0 Å². The summed E-state index contributed by atoms with van der Waals surface area (Å²) in [6, 6.07) is 17.8. The van der Waals surface area contributed by atoms with Crippen LogP contribution in [0.15, 0.2) is 48.5 Å². The highest BCUT2D eigenvalue weighted by molar-refractivity contribution is 5.35. The molecular formula is C25H34O. The fourth-order valence-corrected chi connectivity index (χ4v) is 3.64. The SMILES string of the molecule is CC(C)(C)c1cccc(CC(C)(C)c2ccc(OCC3CCC3)cc2)c1. The normalized spacial score (nSPS) is 15.6. The molecule has 0 unspecified atom stereocenters. The van der Waals surface area contributed by atoms with E-state index in [9.17, 15) is 0 Å². The van der Waals surface area contributed by atoms with Crippen LogP contribution < -0.4 is 4.74 Å². The van der Waals surface area contributed by atoms with Gasteiger partial charge in [-0.1, -0.05) is 77.4 Å². The van der Waals surface area contributed by atoms with Gasteiger partial charge in [-0.2, -0.15) is 0 Å². The van der Waals surface area contributed by atoms with Gasteiger partial charge in [0.05, 0.1) is 6.61 Å². The molecular weight excluding hydrogens is 316 g/mol. The van der Waals surface area contributed by atoms with Crippen molar-refractivity contribution in [1.82, 2.24) is 0 Å². The monoisotopic (exact) mass is 350 g/mol. The molecule has 2 aromatic rings. The van der Waals surface area contributed by atoms with Crippen LogP contribution in [-0.2, 0) is 17.3 Å². The third-order valence-electron chi connectivity index (χ3n) is 5.79. The maximum absolute atomic E-state index is 5.95. The van der Waals surface area contributed by atoms with Crippen LogP contribution in [0.25, 0.3) is 0 Å². The minimum atomic E-state index is 0.100. The zero-order chi connectivity index (χ0) is 18.8. The van der Waals surface area contributed by atoms with E-state index >= 15 is 0 Å². The van der Waals surface area contributed by atoms with E-state index < -0.39 is 0 Å². The Balaban J connectivity index is 1.67. The quantitative estimate of drug-likeness (QED) is 0.564. The lowest BCUT2D eigenvalue weighted by molar-refractivity contribution is 0.180. The van der Waals surface area contributed by atoms with Gasteiger partial charge in [-0.3, -0.25) is 0 Å². The van der Waals surface area contributed by atoms with Crippen LogP contribution in [-0.4, -0.2) is 6.61 Å². The highest BCUT2D eigenvalue weighted by Crippen LogP contribution is 2.32. The van der Waals surface area contributed by atoms with Gasteiger partial charge in [0.2, 0.25) is 0 Å². The molecule has 1 heteroatoms. The van der Waals surface area contributed by atoms with Gasteiger partial charge in [-0.15, -0.1) is 0 Å². The molecule has 2 aromatic carbocycles. The fraction of sp³-hybridized carbons (Fsp3) is 0.520. The van der Waals surface area contributed by atoms with Crippen LogP contribution in [0, 0.1) is 5.92 Å². The highest BCUT2D eigenvalue weighted by atomic mass is 16.5. The lowest BCUT2D eigenvalue weighted by Crippen LogP contribution is -2.21. The molecule has 0 heterocycles. The summed E-state index contributed by atoms with van der Waals surface area (Å²) in [7, 11) is 0. The summed E-state index contributed by atoms with van der Waals surface area (Å²) < 4.78 is 5.95. The Morgan fingerprint density at radius 3 is 2.15 bits per heavy atom. The predicted molar refractivity (Wildman–Crippen MR) is 111 cm³/mol. The average molecular weight is 351 g/mol. The summed E-state index contributed by atoms with van der Waals surface area (Å²) in [5, 5.41) is 0. The zero-order valence-corrected chi connectivity index (χ0v) is 17.1. The molecule has 1 saturated carbocycles. The van der Waals surface area contributed by atoms with Crippen LogP contribution in [0.3, 0.4) is 0 Å². The minimum Gasteiger partial charge on any atom is -0.493 e. The molecule has 1 aliphatic rings. The Morgan fingerprint density at radius 1 is 0.885 bits per heavy atom. The third-order valence-corrected chi connectivity index (χ3v) is 5.79. The van der Waals surface area contributed by atoms with Crippen molar-refractivity contribution in [2.45, 2.75) is 71.1 Å². The Morgan fingerprint density at radius 2 is 1.58 bits per heavy atom. The summed E-state index contributed by atoms with van der Waals surface area (Å²) in [6.45, 7) is 12.4. The molecule has 0 saturated heterocycles. The van der Waals surface area contributed by atoms with Gasteiger partial charge in [0, 0.05) is 0 Å². The van der Waals surface area contributed by atoms with Gasteiger partial charge in [-0.25, -0.2) is 0 Å². The molecule has 0 spiro atoms. The van der Waals surface area contributed by atoms with Crippen LogP contribution in [0.1, 0.15) is 70.6 Å². The third kappa shape index (κ3) is 4.69. The summed E-state index contributed by atoms with van der Waals surface area (Å²) >= 11 is 0. The summed E-state index contributed by atoms with van der Waals surface area (Å²) in [6.07, 6.45) is 5.08. The molecule has 0 amide bonds. The molecule has 1 aliphatic carbocycles. The lowest BCUT2D eigenvalue weighted by Gasteiger charge is -2.28. The summed E-state index contributed by atoms with van der Waals surface area (Å²) in [5.41, 5.74) is 4.48. The molecule has 0 aliphatic heterocycles. The number of hydrogen-bond acceptors (Lipinski definition) is 1. The molecule has 3 rings (SSSR count). The van der Waals surface area contributed by atoms with Crippen LogP contribution in [0.5, 0.6) is 5.75 Å². The molecule has 0 atom stereocenters. The Kier molecular flexibility index (Phi) is 5.46. The lowest BCUT2D eigenvalue weighted by atomic mass is 9.78. The van der Waals surface area contributed by atoms with Crippen molar-refractivity contribution in [3.8, 4) is 5.75 Å². The number of benzene rings is 2. The largest absolute Gasteiger partial charge is 0.493 e. The molecule has 0 N–H and O–H groups in total. The number of hydrogen-bond donors (Lipinski definition) is 0. The first-order valence-corrected chi connectivity index (χ1v) is 10.1. The molecule has 1 nitrogen and oxygen atoms in total. The van der Waals surface area contributed by atoms with E-state index in [1.807, 2.05) is 0 Å². The van der Waals surface area contributed by atoms with Gasteiger partial charge in [0.1, 0.15) is 5.75 Å². The van der Waals surface area contributed by atoms with E-state index in [1.165, 1.54) is 36.0 Å². The molecule has 26 heavy (non-hydrogen) atoms. The van der Waals surface area contributed by atoms with Crippen LogP contribution >= 0.6 is 0 Å². The van der Waals surface area contributed by atoms with Gasteiger partial charge in [0.15, 0.2) is 0 Å². The van der Waals surface area contributed by atoms with E-state index in [-0.39, 0.29) is 10.8 Å². The van der Waals surface area contributed by atoms with Crippen molar-refractivity contribution in [3.63, 3.8) is 0 Å². The van der Waals surface area contributed by atoms with Gasteiger partial charge in [-0.05, 0) is 64.8 Å². The smallest absolute Gasteiger partial charge is 0.119 e. The van der Waals surface area contributed by atoms with Crippen molar-refractivity contribution in [2.24, 2.45) is 5.92 Å². The molecule has 140 valence electrons. The van der Waals surface area contributed by atoms with Crippen LogP contribution in [0.4, 0.5) is 0 Å². The van der Waals surface area contributed by atoms with E-state index in [0.717, 1.165) is 24.7 Å². The van der Waals surface area contributed by atoms with E-state index in [1.54, 1.807) is 0 Å². The Bertz CT molecular complexity index is 715. The van der Waals surface area contributed by atoms with Gasteiger partial charge < -0.3 is 4.74 Å². The van der Waals surface area contributed by atoms with E-state index in [0.29, 0.717) is 0 Å². The van der Waals surface area contributed by atoms with Crippen molar-refractivity contribution in [3.05, 3.63) is 65.2 Å².